The number of primary amides is 1. The molecule has 27 heavy (non-hydrogen) atoms. The SMILES string of the molecule is NC(=O)C1CCCN(c2ccc(-c3nc([C@@H]4C[C@H]5CC[C@@H]4O5)no3)cc2)C1. The Morgan fingerprint density at radius 2 is 2.04 bits per heavy atom. The van der Waals surface area contributed by atoms with Crippen LogP contribution in [0.15, 0.2) is 28.8 Å². The van der Waals surface area contributed by atoms with Crippen LogP contribution in [0.4, 0.5) is 5.69 Å². The van der Waals surface area contributed by atoms with Gasteiger partial charge in [0, 0.05) is 24.3 Å². The standard InChI is InChI=1S/C20H24N4O3/c21-18(25)13-2-1-9-24(11-13)14-5-3-12(4-6-14)20-22-19(23-27-20)16-10-15-7-8-17(16)26-15/h3-6,13,15-17H,1-2,7-11H2,(H2,21,25)/t13?,15-,16-,17+/m1/s1. The van der Waals surface area contributed by atoms with E-state index in [1.807, 2.05) is 24.3 Å². The normalized spacial score (nSPS) is 30.0. The van der Waals surface area contributed by atoms with Crippen LogP contribution < -0.4 is 10.6 Å². The summed E-state index contributed by atoms with van der Waals surface area (Å²) in [6.45, 7) is 1.63. The molecule has 5 rings (SSSR count). The number of rotatable bonds is 4. The minimum absolute atomic E-state index is 0.0686. The first-order chi connectivity index (χ1) is 13.2. The van der Waals surface area contributed by atoms with E-state index in [4.69, 9.17) is 15.0 Å². The second kappa shape index (κ2) is 6.64. The average Bonchev–Trinajstić information content (AvgIpc) is 3.45. The van der Waals surface area contributed by atoms with Crippen LogP contribution in [0.5, 0.6) is 0 Å². The first-order valence-electron chi connectivity index (χ1n) is 9.81. The van der Waals surface area contributed by atoms with Gasteiger partial charge in [-0.15, -0.1) is 0 Å². The zero-order valence-electron chi connectivity index (χ0n) is 15.2. The Morgan fingerprint density at radius 3 is 2.74 bits per heavy atom. The molecule has 2 aromatic rings. The number of carbonyl (C=O) groups is 1. The average molecular weight is 368 g/mol. The fourth-order valence-electron chi connectivity index (χ4n) is 4.67. The molecule has 0 saturated carbocycles. The van der Waals surface area contributed by atoms with Gasteiger partial charge in [0.25, 0.3) is 5.89 Å². The number of hydrogen-bond acceptors (Lipinski definition) is 6. The van der Waals surface area contributed by atoms with E-state index in [0.717, 1.165) is 55.7 Å². The lowest BCUT2D eigenvalue weighted by molar-refractivity contribution is -0.122. The zero-order chi connectivity index (χ0) is 18.4. The summed E-state index contributed by atoms with van der Waals surface area (Å²) in [4.78, 5) is 18.3. The second-order valence-electron chi connectivity index (χ2n) is 7.91. The molecule has 3 fully saturated rings. The van der Waals surface area contributed by atoms with Gasteiger partial charge in [-0.05, 0) is 56.4 Å². The maximum atomic E-state index is 11.5. The molecule has 0 aliphatic carbocycles. The van der Waals surface area contributed by atoms with Crippen molar-refractivity contribution in [2.45, 2.75) is 50.2 Å². The summed E-state index contributed by atoms with van der Waals surface area (Å²) in [6, 6.07) is 8.09. The number of benzene rings is 1. The Labute approximate surface area is 157 Å². The van der Waals surface area contributed by atoms with Crippen molar-refractivity contribution in [3.05, 3.63) is 30.1 Å². The van der Waals surface area contributed by atoms with E-state index in [9.17, 15) is 4.79 Å². The highest BCUT2D eigenvalue weighted by Crippen LogP contribution is 2.43. The number of hydrogen-bond donors (Lipinski definition) is 1. The third-order valence-electron chi connectivity index (χ3n) is 6.18. The highest BCUT2D eigenvalue weighted by Gasteiger charge is 2.43. The van der Waals surface area contributed by atoms with Gasteiger partial charge in [0.2, 0.25) is 5.91 Å². The van der Waals surface area contributed by atoms with Gasteiger partial charge in [-0.25, -0.2) is 0 Å². The predicted octanol–water partition coefficient (Wildman–Crippen LogP) is 2.47. The number of nitrogens with two attached hydrogens (primary N) is 1. The summed E-state index contributed by atoms with van der Waals surface area (Å²) in [5, 5.41) is 4.21. The summed E-state index contributed by atoms with van der Waals surface area (Å²) < 4.78 is 11.4. The Morgan fingerprint density at radius 1 is 1.19 bits per heavy atom. The van der Waals surface area contributed by atoms with Gasteiger partial charge in [-0.1, -0.05) is 5.16 Å². The minimum Gasteiger partial charge on any atom is -0.374 e. The third-order valence-corrected chi connectivity index (χ3v) is 6.18. The smallest absolute Gasteiger partial charge is 0.257 e. The molecule has 3 saturated heterocycles. The van der Waals surface area contributed by atoms with Crippen molar-refractivity contribution in [3.8, 4) is 11.5 Å². The van der Waals surface area contributed by atoms with E-state index in [0.29, 0.717) is 18.5 Å². The van der Waals surface area contributed by atoms with Crippen LogP contribution in [0, 0.1) is 5.92 Å². The van der Waals surface area contributed by atoms with Crippen LogP contribution in [0.3, 0.4) is 0 Å². The topological polar surface area (TPSA) is 94.5 Å². The van der Waals surface area contributed by atoms with E-state index < -0.39 is 0 Å². The Kier molecular flexibility index (Phi) is 4.11. The molecule has 1 aromatic carbocycles. The minimum atomic E-state index is -0.209. The molecule has 3 aliphatic rings. The molecule has 3 aliphatic heterocycles. The van der Waals surface area contributed by atoms with E-state index in [1.165, 1.54) is 0 Å². The van der Waals surface area contributed by atoms with Crippen molar-refractivity contribution in [2.75, 3.05) is 18.0 Å². The largest absolute Gasteiger partial charge is 0.374 e. The highest BCUT2D eigenvalue weighted by molar-refractivity contribution is 5.77. The molecule has 0 radical (unpaired) electrons. The molecule has 2 bridgehead atoms. The van der Waals surface area contributed by atoms with E-state index >= 15 is 0 Å². The lowest BCUT2D eigenvalue weighted by Gasteiger charge is -2.33. The van der Waals surface area contributed by atoms with Gasteiger partial charge in [-0.2, -0.15) is 4.98 Å². The quantitative estimate of drug-likeness (QED) is 0.891. The maximum Gasteiger partial charge on any atom is 0.257 e. The summed E-state index contributed by atoms with van der Waals surface area (Å²) >= 11 is 0. The number of ether oxygens (including phenoxy) is 1. The highest BCUT2D eigenvalue weighted by atomic mass is 16.5. The number of nitrogens with zero attached hydrogens (tertiary/aromatic N) is 3. The Balaban J connectivity index is 1.30. The van der Waals surface area contributed by atoms with Crippen molar-refractivity contribution in [2.24, 2.45) is 11.7 Å². The van der Waals surface area contributed by atoms with Gasteiger partial charge in [0.1, 0.15) is 0 Å². The van der Waals surface area contributed by atoms with Crippen LogP contribution in [-0.2, 0) is 9.53 Å². The Bertz CT molecular complexity index is 834. The van der Waals surface area contributed by atoms with E-state index in [-0.39, 0.29) is 23.8 Å². The molecule has 2 N–H and O–H groups in total. The van der Waals surface area contributed by atoms with Crippen molar-refractivity contribution in [1.82, 2.24) is 10.1 Å². The monoisotopic (exact) mass is 368 g/mol. The van der Waals surface area contributed by atoms with Crippen LogP contribution in [0.2, 0.25) is 0 Å². The van der Waals surface area contributed by atoms with Crippen LogP contribution >= 0.6 is 0 Å². The van der Waals surface area contributed by atoms with Crippen molar-refractivity contribution in [3.63, 3.8) is 0 Å². The molecule has 4 heterocycles. The van der Waals surface area contributed by atoms with Crippen molar-refractivity contribution < 1.29 is 14.1 Å². The maximum absolute atomic E-state index is 11.5. The molecule has 7 heteroatoms. The van der Waals surface area contributed by atoms with Crippen molar-refractivity contribution in [1.29, 1.82) is 0 Å². The number of anilines is 1. The first kappa shape index (κ1) is 16.7. The van der Waals surface area contributed by atoms with Gasteiger partial charge < -0.3 is 19.9 Å². The van der Waals surface area contributed by atoms with E-state index in [1.54, 1.807) is 0 Å². The molecule has 142 valence electrons. The summed E-state index contributed by atoms with van der Waals surface area (Å²) in [6.07, 6.45) is 5.72. The zero-order valence-corrected chi connectivity index (χ0v) is 15.2. The van der Waals surface area contributed by atoms with Gasteiger partial charge in [-0.3, -0.25) is 4.79 Å². The number of amides is 1. The number of aromatic nitrogens is 2. The van der Waals surface area contributed by atoms with Gasteiger partial charge in [0.15, 0.2) is 5.82 Å². The number of fused-ring (bicyclic) bond motifs is 2. The lowest BCUT2D eigenvalue weighted by Crippen LogP contribution is -2.41. The molecular weight excluding hydrogens is 344 g/mol. The van der Waals surface area contributed by atoms with Gasteiger partial charge >= 0.3 is 0 Å². The summed E-state index contributed by atoms with van der Waals surface area (Å²) in [5.74, 6) is 1.30. The Hall–Kier alpha value is -2.41. The van der Waals surface area contributed by atoms with Crippen LogP contribution in [0.1, 0.15) is 43.8 Å². The second-order valence-corrected chi connectivity index (χ2v) is 7.91. The molecule has 4 atom stereocenters. The number of carbonyl (C=O) groups excluding carboxylic acids is 1. The van der Waals surface area contributed by atoms with Crippen molar-refractivity contribution >= 4 is 11.6 Å². The van der Waals surface area contributed by atoms with Gasteiger partial charge in [0.05, 0.1) is 24.0 Å². The predicted molar refractivity (Wildman–Crippen MR) is 99.1 cm³/mol. The summed E-state index contributed by atoms with van der Waals surface area (Å²) in [7, 11) is 0. The van der Waals surface area contributed by atoms with E-state index in [2.05, 4.69) is 15.0 Å². The third kappa shape index (κ3) is 3.10. The van der Waals surface area contributed by atoms with Crippen LogP contribution in [-0.4, -0.2) is 41.3 Å². The fraction of sp³-hybridized carbons (Fsp3) is 0.550. The molecule has 7 nitrogen and oxygen atoms in total. The molecular formula is C20H24N4O3. The summed E-state index contributed by atoms with van der Waals surface area (Å²) in [5.41, 5.74) is 7.48. The number of piperidine rings is 1. The molecule has 0 spiro atoms. The molecule has 1 unspecified atom stereocenters. The molecule has 1 aromatic heterocycles. The first-order valence-corrected chi connectivity index (χ1v) is 9.81. The lowest BCUT2D eigenvalue weighted by atomic mass is 9.89. The fourth-order valence-corrected chi connectivity index (χ4v) is 4.67. The molecule has 1 amide bonds. The van der Waals surface area contributed by atoms with Crippen LogP contribution in [0.25, 0.3) is 11.5 Å².